The molecule has 5 aliphatic carbocycles. The first-order valence-electron chi connectivity index (χ1n) is 9.12. The average molecular weight is 261 g/mol. The van der Waals surface area contributed by atoms with Crippen LogP contribution in [0.5, 0.6) is 0 Å². The molecule has 0 aromatic heterocycles. The fourth-order valence-electron chi connectivity index (χ4n) is 6.27. The molecular formula is C18H31N. The monoisotopic (exact) mass is 261 g/mol. The summed E-state index contributed by atoms with van der Waals surface area (Å²) in [5.74, 6) is 5.65. The fourth-order valence-corrected chi connectivity index (χ4v) is 6.27. The van der Waals surface area contributed by atoms with Gasteiger partial charge in [-0.1, -0.05) is 19.3 Å². The smallest absolute Gasteiger partial charge is 0.00670 e. The quantitative estimate of drug-likeness (QED) is 0.792. The molecule has 0 amide bonds. The molecule has 0 saturated heterocycles. The molecule has 0 spiro atoms. The van der Waals surface area contributed by atoms with E-state index in [1.165, 1.54) is 45.1 Å². The topological polar surface area (TPSA) is 12.0 Å². The Bertz CT molecular complexity index is 277. The SMILES string of the molecule is C1CCC(NCCC2C3CC4CC(C3)CC2C4)CC1. The predicted octanol–water partition coefficient (Wildman–Crippen LogP) is 4.37. The van der Waals surface area contributed by atoms with Crippen LogP contribution < -0.4 is 5.32 Å². The van der Waals surface area contributed by atoms with E-state index in [2.05, 4.69) is 5.32 Å². The van der Waals surface area contributed by atoms with Crippen molar-refractivity contribution in [1.29, 1.82) is 0 Å². The molecule has 5 rings (SSSR count). The number of hydrogen-bond donors (Lipinski definition) is 1. The molecule has 108 valence electrons. The summed E-state index contributed by atoms with van der Waals surface area (Å²) in [6.07, 6.45) is 16.8. The molecule has 4 bridgehead atoms. The maximum Gasteiger partial charge on any atom is 0.00670 e. The van der Waals surface area contributed by atoms with Gasteiger partial charge < -0.3 is 5.32 Å². The van der Waals surface area contributed by atoms with Crippen LogP contribution >= 0.6 is 0 Å². The van der Waals surface area contributed by atoms with Crippen molar-refractivity contribution in [3.63, 3.8) is 0 Å². The molecule has 5 saturated carbocycles. The van der Waals surface area contributed by atoms with Gasteiger partial charge in [0.05, 0.1) is 0 Å². The lowest BCUT2D eigenvalue weighted by atomic mass is 9.51. The summed E-state index contributed by atoms with van der Waals surface area (Å²) in [5, 5.41) is 3.88. The van der Waals surface area contributed by atoms with Crippen LogP contribution in [0.15, 0.2) is 0 Å². The predicted molar refractivity (Wildman–Crippen MR) is 80.0 cm³/mol. The largest absolute Gasteiger partial charge is 0.314 e. The van der Waals surface area contributed by atoms with E-state index >= 15 is 0 Å². The Kier molecular flexibility index (Phi) is 3.60. The molecular weight excluding hydrogens is 230 g/mol. The van der Waals surface area contributed by atoms with Gasteiger partial charge in [-0.3, -0.25) is 0 Å². The van der Waals surface area contributed by atoms with E-state index in [0.717, 1.165) is 35.6 Å². The van der Waals surface area contributed by atoms with Crippen molar-refractivity contribution >= 4 is 0 Å². The minimum Gasteiger partial charge on any atom is -0.314 e. The van der Waals surface area contributed by atoms with Crippen molar-refractivity contribution in [2.24, 2.45) is 29.6 Å². The lowest BCUT2D eigenvalue weighted by Gasteiger charge is -2.54. The van der Waals surface area contributed by atoms with Crippen molar-refractivity contribution in [3.05, 3.63) is 0 Å². The highest BCUT2D eigenvalue weighted by Crippen LogP contribution is 2.57. The van der Waals surface area contributed by atoms with E-state index in [-0.39, 0.29) is 0 Å². The normalized spacial score (nSPS) is 45.8. The highest BCUT2D eigenvalue weighted by Gasteiger charge is 2.47. The van der Waals surface area contributed by atoms with Crippen molar-refractivity contribution in [2.75, 3.05) is 6.54 Å². The molecule has 1 N–H and O–H groups in total. The van der Waals surface area contributed by atoms with Gasteiger partial charge in [0.2, 0.25) is 0 Å². The summed E-state index contributed by atoms with van der Waals surface area (Å²) in [6.45, 7) is 1.32. The highest BCUT2D eigenvalue weighted by atomic mass is 14.9. The molecule has 0 radical (unpaired) electrons. The van der Waals surface area contributed by atoms with Gasteiger partial charge in [-0.25, -0.2) is 0 Å². The van der Waals surface area contributed by atoms with E-state index in [4.69, 9.17) is 0 Å². The van der Waals surface area contributed by atoms with E-state index in [9.17, 15) is 0 Å². The minimum atomic E-state index is 0.866. The second-order valence-electron chi connectivity index (χ2n) is 8.17. The van der Waals surface area contributed by atoms with Crippen LogP contribution in [-0.2, 0) is 0 Å². The van der Waals surface area contributed by atoms with Gasteiger partial charge in [0.25, 0.3) is 0 Å². The van der Waals surface area contributed by atoms with E-state index in [0.29, 0.717) is 0 Å². The maximum absolute atomic E-state index is 3.88. The summed E-state index contributed by atoms with van der Waals surface area (Å²) in [5.41, 5.74) is 0. The van der Waals surface area contributed by atoms with Gasteiger partial charge in [0.15, 0.2) is 0 Å². The van der Waals surface area contributed by atoms with Crippen molar-refractivity contribution in [2.45, 2.75) is 76.7 Å². The third-order valence-corrected chi connectivity index (χ3v) is 6.94. The zero-order valence-electron chi connectivity index (χ0n) is 12.4. The molecule has 0 aromatic carbocycles. The molecule has 0 atom stereocenters. The summed E-state index contributed by atoms with van der Waals surface area (Å²) in [4.78, 5) is 0. The molecule has 1 nitrogen and oxygen atoms in total. The first kappa shape index (κ1) is 12.7. The van der Waals surface area contributed by atoms with Crippen LogP contribution in [0.3, 0.4) is 0 Å². The van der Waals surface area contributed by atoms with Gasteiger partial charge >= 0.3 is 0 Å². The molecule has 19 heavy (non-hydrogen) atoms. The summed E-state index contributed by atoms with van der Waals surface area (Å²) in [7, 11) is 0. The maximum atomic E-state index is 3.88. The Balaban J connectivity index is 1.26. The van der Waals surface area contributed by atoms with Crippen LogP contribution in [0.1, 0.15) is 70.6 Å². The number of hydrogen-bond acceptors (Lipinski definition) is 1. The highest BCUT2D eigenvalue weighted by molar-refractivity contribution is 4.98. The Morgan fingerprint density at radius 3 is 2.00 bits per heavy atom. The molecule has 0 aromatic rings. The van der Waals surface area contributed by atoms with Crippen LogP contribution in [0, 0.1) is 29.6 Å². The Hall–Kier alpha value is -0.0400. The van der Waals surface area contributed by atoms with Crippen LogP contribution in [-0.4, -0.2) is 12.6 Å². The van der Waals surface area contributed by atoms with Crippen molar-refractivity contribution in [3.8, 4) is 0 Å². The van der Waals surface area contributed by atoms with Crippen LogP contribution in [0.25, 0.3) is 0 Å². The Labute approximate surface area is 118 Å². The molecule has 0 aliphatic heterocycles. The van der Waals surface area contributed by atoms with Gasteiger partial charge in [0, 0.05) is 6.04 Å². The first-order valence-corrected chi connectivity index (χ1v) is 9.12. The molecule has 1 heteroatoms. The molecule has 5 fully saturated rings. The summed E-state index contributed by atoms with van der Waals surface area (Å²) in [6, 6.07) is 0.866. The third-order valence-electron chi connectivity index (χ3n) is 6.94. The summed E-state index contributed by atoms with van der Waals surface area (Å²) >= 11 is 0. The summed E-state index contributed by atoms with van der Waals surface area (Å²) < 4.78 is 0. The second-order valence-corrected chi connectivity index (χ2v) is 8.17. The zero-order chi connectivity index (χ0) is 12.7. The Morgan fingerprint density at radius 1 is 0.737 bits per heavy atom. The van der Waals surface area contributed by atoms with Gasteiger partial charge in [-0.2, -0.15) is 0 Å². The van der Waals surface area contributed by atoms with E-state index < -0.39 is 0 Å². The molecule has 0 heterocycles. The van der Waals surface area contributed by atoms with Crippen molar-refractivity contribution in [1.82, 2.24) is 5.32 Å². The number of rotatable bonds is 4. The zero-order valence-corrected chi connectivity index (χ0v) is 12.4. The fraction of sp³-hybridized carbons (Fsp3) is 1.00. The van der Waals surface area contributed by atoms with Crippen LogP contribution in [0.2, 0.25) is 0 Å². The average Bonchev–Trinajstić information content (AvgIpc) is 2.42. The Morgan fingerprint density at radius 2 is 1.37 bits per heavy atom. The van der Waals surface area contributed by atoms with Gasteiger partial charge in [0.1, 0.15) is 0 Å². The lowest BCUT2D eigenvalue weighted by Crippen LogP contribution is -2.46. The van der Waals surface area contributed by atoms with E-state index in [1.54, 1.807) is 32.1 Å². The lowest BCUT2D eigenvalue weighted by molar-refractivity contribution is -0.0395. The molecule has 0 unspecified atom stereocenters. The van der Waals surface area contributed by atoms with Gasteiger partial charge in [-0.05, 0) is 87.5 Å². The van der Waals surface area contributed by atoms with E-state index in [1.807, 2.05) is 0 Å². The standard InChI is InChI=1S/C18H31N/c1-2-4-17(5-3-1)19-7-6-18-15-9-13-8-14(11-15)12-16(18)10-13/h13-19H,1-12H2. The number of nitrogens with one attached hydrogen (secondary N) is 1. The molecule has 5 aliphatic rings. The van der Waals surface area contributed by atoms with Crippen molar-refractivity contribution < 1.29 is 0 Å². The first-order chi connectivity index (χ1) is 9.38. The third kappa shape index (κ3) is 2.60. The van der Waals surface area contributed by atoms with Gasteiger partial charge in [-0.15, -0.1) is 0 Å². The van der Waals surface area contributed by atoms with Crippen LogP contribution in [0.4, 0.5) is 0 Å². The second kappa shape index (κ2) is 5.39. The minimum absolute atomic E-state index is 0.866.